The molecule has 0 rings (SSSR count). The third kappa shape index (κ3) is 63.0. The quantitative estimate of drug-likeness (QED) is 0.0261. The highest BCUT2D eigenvalue weighted by atomic mass is 16.6. The van der Waals surface area contributed by atoms with Crippen LogP contribution in [0.3, 0.4) is 0 Å². The SMILES string of the molecule is CC/C=C\C/C=C\C/C=C\C/C=C\C/C=C\C/C=C\CCCCCCCCCCC(=O)OCC(COC(=O)CCCCCCCCC)OC(=O)CCCCCCCCCCCCCCC/C=C\C/C=C\CCCCCCC. The predicted molar refractivity (Wildman–Crippen MR) is 334 cm³/mol. The van der Waals surface area contributed by atoms with Crippen LogP contribution in [0, 0.1) is 0 Å². The standard InChI is InChI=1S/C71H122O6/c1-4-7-10-13-16-18-20-22-24-26-28-30-32-34-35-37-38-40-42-44-46-48-50-52-55-58-61-64-70(73)76-67-68(66-75-69(72)63-60-57-54-15-12-9-6-3)77-71(74)65-62-59-56-53-51-49-47-45-43-41-39-36-33-31-29-27-25-23-21-19-17-14-11-8-5-2/h7,10,16,18,21-24,27-30,34-35,38,40,68H,4-6,8-9,11-15,17,19-20,25-26,31-33,36-37,39,41-67H2,1-3H3/b10-7-,18-16-,23-21-,24-22-,29-27-,30-28-,35-34-,40-38-. The maximum atomic E-state index is 12.9. The summed E-state index contributed by atoms with van der Waals surface area (Å²) in [4.78, 5) is 38.1. The summed E-state index contributed by atoms with van der Waals surface area (Å²) < 4.78 is 16.9. The normalized spacial score (nSPS) is 12.7. The van der Waals surface area contributed by atoms with Crippen molar-refractivity contribution in [3.63, 3.8) is 0 Å². The third-order valence-corrected chi connectivity index (χ3v) is 14.1. The number of carbonyl (C=O) groups excluding carboxylic acids is 3. The summed E-state index contributed by atoms with van der Waals surface area (Å²) in [7, 11) is 0. The fourth-order valence-electron chi connectivity index (χ4n) is 9.18. The maximum Gasteiger partial charge on any atom is 0.306 e. The second kappa shape index (κ2) is 64.9. The fraction of sp³-hybridized carbons (Fsp3) is 0.732. The number of ether oxygens (including phenoxy) is 3. The summed E-state index contributed by atoms with van der Waals surface area (Å²) in [5.74, 6) is -0.885. The summed E-state index contributed by atoms with van der Waals surface area (Å²) in [6.45, 7) is 6.49. The van der Waals surface area contributed by atoms with Crippen molar-refractivity contribution in [3.05, 3.63) is 97.2 Å². The number of hydrogen-bond acceptors (Lipinski definition) is 6. The molecule has 0 fully saturated rings. The van der Waals surface area contributed by atoms with E-state index in [0.29, 0.717) is 19.3 Å². The molecule has 6 heteroatoms. The van der Waals surface area contributed by atoms with Gasteiger partial charge in [0.15, 0.2) is 6.10 Å². The van der Waals surface area contributed by atoms with Crippen LogP contribution in [0.15, 0.2) is 97.2 Å². The molecule has 0 aliphatic rings. The monoisotopic (exact) mass is 1070 g/mol. The molecule has 1 atom stereocenters. The molecule has 0 heterocycles. The molecule has 0 amide bonds. The summed E-state index contributed by atoms with van der Waals surface area (Å²) in [6.07, 6.45) is 87.3. The van der Waals surface area contributed by atoms with E-state index >= 15 is 0 Å². The Kier molecular flexibility index (Phi) is 61.8. The highest BCUT2D eigenvalue weighted by Crippen LogP contribution is 2.16. The number of allylic oxidation sites excluding steroid dienone is 16. The molecule has 6 nitrogen and oxygen atoms in total. The van der Waals surface area contributed by atoms with Crippen molar-refractivity contribution in [3.8, 4) is 0 Å². The molecule has 0 aliphatic heterocycles. The summed E-state index contributed by atoms with van der Waals surface area (Å²) in [5.41, 5.74) is 0. The molecule has 0 bridgehead atoms. The largest absolute Gasteiger partial charge is 0.462 e. The van der Waals surface area contributed by atoms with E-state index in [2.05, 4.69) is 118 Å². The summed E-state index contributed by atoms with van der Waals surface area (Å²) in [5, 5.41) is 0. The van der Waals surface area contributed by atoms with Gasteiger partial charge in [-0.15, -0.1) is 0 Å². The van der Waals surface area contributed by atoms with E-state index in [4.69, 9.17) is 14.2 Å². The Labute approximate surface area is 477 Å². The number of hydrogen-bond donors (Lipinski definition) is 0. The topological polar surface area (TPSA) is 78.9 Å². The second-order valence-electron chi connectivity index (χ2n) is 21.6. The van der Waals surface area contributed by atoms with Gasteiger partial charge in [-0.1, -0.05) is 291 Å². The molecule has 0 aliphatic carbocycles. The second-order valence-corrected chi connectivity index (χ2v) is 21.6. The van der Waals surface area contributed by atoms with E-state index in [1.54, 1.807) is 0 Å². The number of rotatable bonds is 59. The Morgan fingerprint density at radius 1 is 0.273 bits per heavy atom. The average molecular weight is 1070 g/mol. The fourth-order valence-corrected chi connectivity index (χ4v) is 9.18. The van der Waals surface area contributed by atoms with Crippen LogP contribution in [-0.4, -0.2) is 37.2 Å². The zero-order valence-corrected chi connectivity index (χ0v) is 50.7. The molecule has 442 valence electrons. The average Bonchev–Trinajstić information content (AvgIpc) is 3.43. The number of esters is 3. The smallest absolute Gasteiger partial charge is 0.306 e. The minimum Gasteiger partial charge on any atom is -0.462 e. The first-order valence-electron chi connectivity index (χ1n) is 32.7. The van der Waals surface area contributed by atoms with Crippen molar-refractivity contribution < 1.29 is 28.6 Å². The van der Waals surface area contributed by atoms with Crippen LogP contribution in [-0.2, 0) is 28.6 Å². The van der Waals surface area contributed by atoms with Crippen LogP contribution in [0.1, 0.15) is 316 Å². The van der Waals surface area contributed by atoms with Crippen LogP contribution in [0.5, 0.6) is 0 Å². The van der Waals surface area contributed by atoms with Crippen LogP contribution in [0.4, 0.5) is 0 Å². The van der Waals surface area contributed by atoms with Crippen LogP contribution in [0.2, 0.25) is 0 Å². The Morgan fingerprint density at radius 2 is 0.506 bits per heavy atom. The lowest BCUT2D eigenvalue weighted by Gasteiger charge is -2.18. The van der Waals surface area contributed by atoms with Gasteiger partial charge in [-0.3, -0.25) is 14.4 Å². The van der Waals surface area contributed by atoms with Gasteiger partial charge in [0.25, 0.3) is 0 Å². The van der Waals surface area contributed by atoms with Gasteiger partial charge < -0.3 is 14.2 Å². The lowest BCUT2D eigenvalue weighted by molar-refractivity contribution is -0.167. The van der Waals surface area contributed by atoms with E-state index < -0.39 is 6.10 Å². The molecule has 0 aromatic rings. The summed E-state index contributed by atoms with van der Waals surface area (Å²) in [6, 6.07) is 0. The lowest BCUT2D eigenvalue weighted by atomic mass is 10.0. The molecule has 0 radical (unpaired) electrons. The highest BCUT2D eigenvalue weighted by Gasteiger charge is 2.19. The molecule has 1 unspecified atom stereocenters. The van der Waals surface area contributed by atoms with Crippen molar-refractivity contribution in [2.75, 3.05) is 13.2 Å². The Balaban J connectivity index is 4.15. The minimum absolute atomic E-state index is 0.0784. The first-order chi connectivity index (χ1) is 38.0. The number of carbonyl (C=O) groups is 3. The molecular formula is C71H122O6. The van der Waals surface area contributed by atoms with Crippen LogP contribution < -0.4 is 0 Å². The van der Waals surface area contributed by atoms with Gasteiger partial charge in [0, 0.05) is 19.3 Å². The summed E-state index contributed by atoms with van der Waals surface area (Å²) >= 11 is 0. The molecular weight excluding hydrogens is 949 g/mol. The number of unbranched alkanes of at least 4 members (excludes halogenated alkanes) is 32. The van der Waals surface area contributed by atoms with Crippen molar-refractivity contribution in [1.82, 2.24) is 0 Å². The Hall–Kier alpha value is -3.67. The van der Waals surface area contributed by atoms with Gasteiger partial charge in [-0.25, -0.2) is 0 Å². The maximum absolute atomic E-state index is 12.9. The van der Waals surface area contributed by atoms with E-state index in [-0.39, 0.29) is 31.1 Å². The van der Waals surface area contributed by atoms with Crippen LogP contribution in [0.25, 0.3) is 0 Å². The molecule has 0 spiro atoms. The van der Waals surface area contributed by atoms with Crippen molar-refractivity contribution in [2.24, 2.45) is 0 Å². The van der Waals surface area contributed by atoms with Gasteiger partial charge >= 0.3 is 17.9 Å². The van der Waals surface area contributed by atoms with E-state index in [1.807, 2.05) is 0 Å². The lowest BCUT2D eigenvalue weighted by Crippen LogP contribution is -2.30. The third-order valence-electron chi connectivity index (χ3n) is 14.1. The van der Waals surface area contributed by atoms with Gasteiger partial charge in [0.05, 0.1) is 0 Å². The van der Waals surface area contributed by atoms with Gasteiger partial charge in [0.1, 0.15) is 13.2 Å². The van der Waals surface area contributed by atoms with Gasteiger partial charge in [-0.05, 0) is 103 Å². The van der Waals surface area contributed by atoms with Gasteiger partial charge in [-0.2, -0.15) is 0 Å². The Bertz CT molecular complexity index is 1510. The van der Waals surface area contributed by atoms with Crippen molar-refractivity contribution >= 4 is 17.9 Å². The first kappa shape index (κ1) is 73.3. The molecule has 0 N–H and O–H groups in total. The first-order valence-corrected chi connectivity index (χ1v) is 32.7. The molecule has 0 saturated carbocycles. The predicted octanol–water partition coefficient (Wildman–Crippen LogP) is 22.4. The zero-order chi connectivity index (χ0) is 55.7. The van der Waals surface area contributed by atoms with E-state index in [9.17, 15) is 14.4 Å². The van der Waals surface area contributed by atoms with Crippen molar-refractivity contribution in [1.29, 1.82) is 0 Å². The molecule has 77 heavy (non-hydrogen) atoms. The highest BCUT2D eigenvalue weighted by molar-refractivity contribution is 5.71. The zero-order valence-electron chi connectivity index (χ0n) is 50.7. The molecule has 0 aromatic carbocycles. The van der Waals surface area contributed by atoms with E-state index in [1.165, 1.54) is 167 Å². The van der Waals surface area contributed by atoms with Crippen molar-refractivity contribution in [2.45, 2.75) is 322 Å². The molecule has 0 saturated heterocycles. The minimum atomic E-state index is -0.780. The van der Waals surface area contributed by atoms with Crippen LogP contribution >= 0.6 is 0 Å². The molecule has 0 aromatic heterocycles. The van der Waals surface area contributed by atoms with E-state index in [0.717, 1.165) is 109 Å². The van der Waals surface area contributed by atoms with Gasteiger partial charge in [0.2, 0.25) is 0 Å². The Morgan fingerprint density at radius 3 is 0.792 bits per heavy atom.